The van der Waals surface area contributed by atoms with Gasteiger partial charge in [-0.3, -0.25) is 19.3 Å². The summed E-state index contributed by atoms with van der Waals surface area (Å²) in [5, 5.41) is 11.7. The fourth-order valence-electron chi connectivity index (χ4n) is 5.35. The van der Waals surface area contributed by atoms with Crippen molar-refractivity contribution in [1.82, 2.24) is 10.2 Å². The molecule has 2 aliphatic rings. The Hall–Kier alpha value is -4.85. The number of rotatable bonds is 6. The lowest BCUT2D eigenvalue weighted by molar-refractivity contribution is -0.153. The molecular weight excluding hydrogens is 535 g/mol. The van der Waals surface area contributed by atoms with E-state index in [2.05, 4.69) is 5.32 Å². The molecule has 0 aromatic heterocycles. The standard InChI is InChI=1S/C30H26F3N5O3/c1-29(32,33)21-10-7-19(8-11-21)15-38-26(39)16-37(25-12-9-20(14-34)13-23(25)31)28(41)30(38)17-36(18-30)24-6-4-3-5-22(24)27(40)35-2/h3-13H,15-18H2,1-2H3,(H,35,40). The zero-order valence-electron chi connectivity index (χ0n) is 22.3. The molecule has 8 nitrogen and oxygen atoms in total. The van der Waals surface area contributed by atoms with Crippen molar-refractivity contribution in [2.24, 2.45) is 0 Å². The summed E-state index contributed by atoms with van der Waals surface area (Å²) in [4.78, 5) is 44.5. The van der Waals surface area contributed by atoms with E-state index in [1.54, 1.807) is 29.2 Å². The number of benzene rings is 3. The van der Waals surface area contributed by atoms with Crippen LogP contribution in [-0.4, -0.2) is 54.8 Å². The highest BCUT2D eigenvalue weighted by molar-refractivity contribution is 6.11. The second-order valence-electron chi connectivity index (χ2n) is 10.2. The van der Waals surface area contributed by atoms with Gasteiger partial charge in [0.1, 0.15) is 12.4 Å². The van der Waals surface area contributed by atoms with Gasteiger partial charge in [-0.05, 0) is 35.9 Å². The van der Waals surface area contributed by atoms with Gasteiger partial charge in [-0.1, -0.05) is 36.4 Å². The first-order chi connectivity index (χ1) is 19.5. The molecule has 5 rings (SSSR count). The Morgan fingerprint density at radius 1 is 1.05 bits per heavy atom. The van der Waals surface area contributed by atoms with Crippen molar-refractivity contribution in [3.63, 3.8) is 0 Å². The van der Waals surface area contributed by atoms with Gasteiger partial charge in [0.05, 0.1) is 36.0 Å². The van der Waals surface area contributed by atoms with Crippen LogP contribution in [0.25, 0.3) is 0 Å². The van der Waals surface area contributed by atoms with E-state index in [9.17, 15) is 23.2 Å². The minimum atomic E-state index is -3.03. The normalized spacial score (nSPS) is 16.4. The Morgan fingerprint density at radius 2 is 1.73 bits per heavy atom. The van der Waals surface area contributed by atoms with Gasteiger partial charge in [-0.15, -0.1) is 0 Å². The topological polar surface area (TPSA) is 96.7 Å². The minimum Gasteiger partial charge on any atom is -0.365 e. The molecule has 0 saturated carbocycles. The van der Waals surface area contributed by atoms with E-state index in [0.717, 1.165) is 17.9 Å². The van der Waals surface area contributed by atoms with Crippen molar-refractivity contribution in [3.8, 4) is 6.07 Å². The second kappa shape index (κ2) is 10.3. The molecule has 3 aromatic carbocycles. The van der Waals surface area contributed by atoms with Crippen LogP contribution in [0.15, 0.2) is 66.7 Å². The summed E-state index contributed by atoms with van der Waals surface area (Å²) in [6.45, 7) is 0.356. The number of piperazine rings is 1. The lowest BCUT2D eigenvalue weighted by atomic mass is 9.82. The van der Waals surface area contributed by atoms with Crippen molar-refractivity contribution in [2.45, 2.75) is 24.9 Å². The largest absolute Gasteiger partial charge is 0.365 e. The molecule has 210 valence electrons. The molecule has 1 N–H and O–H groups in total. The molecule has 0 bridgehead atoms. The number of anilines is 2. The SMILES string of the molecule is CNC(=O)c1ccccc1N1CC2(C1)C(=O)N(c1ccc(C#N)cc1F)CC(=O)N2Cc1ccc(C(C)(F)F)cc1. The summed E-state index contributed by atoms with van der Waals surface area (Å²) in [7, 11) is 1.51. The summed E-state index contributed by atoms with van der Waals surface area (Å²) in [6.07, 6.45) is 0. The number of hydrogen-bond donors (Lipinski definition) is 1. The molecular formula is C30H26F3N5O3. The maximum Gasteiger partial charge on any atom is 0.270 e. The average molecular weight is 562 g/mol. The third-order valence-electron chi connectivity index (χ3n) is 7.54. The fraction of sp³-hybridized carbons (Fsp3) is 0.267. The number of nitrogens with one attached hydrogen (secondary N) is 1. The molecule has 1 spiro atoms. The Balaban J connectivity index is 1.52. The predicted octanol–water partition coefficient (Wildman–Crippen LogP) is 3.80. The summed E-state index contributed by atoms with van der Waals surface area (Å²) < 4.78 is 42.5. The minimum absolute atomic E-state index is 0.0189. The number of carbonyl (C=O) groups excluding carboxylic acids is 3. The van der Waals surface area contributed by atoms with Crippen molar-refractivity contribution < 1.29 is 27.6 Å². The van der Waals surface area contributed by atoms with Crippen molar-refractivity contribution >= 4 is 29.1 Å². The van der Waals surface area contributed by atoms with Crippen LogP contribution in [-0.2, 0) is 22.1 Å². The van der Waals surface area contributed by atoms with Gasteiger partial charge in [0.15, 0.2) is 5.54 Å². The van der Waals surface area contributed by atoms with Crippen LogP contribution in [0, 0.1) is 17.1 Å². The van der Waals surface area contributed by atoms with E-state index < -0.39 is 35.6 Å². The number of para-hydroxylation sites is 1. The van der Waals surface area contributed by atoms with Gasteiger partial charge in [-0.2, -0.15) is 5.26 Å². The first-order valence-corrected chi connectivity index (χ1v) is 12.8. The van der Waals surface area contributed by atoms with E-state index in [1.807, 2.05) is 6.07 Å². The summed E-state index contributed by atoms with van der Waals surface area (Å²) in [5.74, 6) is -5.15. The molecule has 3 aromatic rings. The number of nitrogens with zero attached hydrogens (tertiary/aromatic N) is 4. The predicted molar refractivity (Wildman–Crippen MR) is 145 cm³/mol. The highest BCUT2D eigenvalue weighted by atomic mass is 19.3. The van der Waals surface area contributed by atoms with Gasteiger partial charge in [0.25, 0.3) is 17.7 Å². The number of carbonyl (C=O) groups is 3. The smallest absolute Gasteiger partial charge is 0.270 e. The number of hydrogen-bond acceptors (Lipinski definition) is 5. The number of halogens is 3. The van der Waals surface area contributed by atoms with Crippen LogP contribution in [0.3, 0.4) is 0 Å². The summed E-state index contributed by atoms with van der Waals surface area (Å²) in [5.41, 5.74) is -0.161. The Labute approximate surface area is 234 Å². The first-order valence-electron chi connectivity index (χ1n) is 12.8. The molecule has 0 aliphatic carbocycles. The van der Waals surface area contributed by atoms with Gasteiger partial charge >= 0.3 is 0 Å². The average Bonchev–Trinajstić information content (AvgIpc) is 2.93. The number of nitriles is 1. The highest BCUT2D eigenvalue weighted by Crippen LogP contribution is 2.40. The molecule has 3 amide bonds. The van der Waals surface area contributed by atoms with Crippen LogP contribution in [0.1, 0.15) is 34.0 Å². The molecule has 2 heterocycles. The highest BCUT2D eigenvalue weighted by Gasteiger charge is 2.60. The number of amides is 3. The van der Waals surface area contributed by atoms with Gasteiger partial charge in [0, 0.05) is 31.8 Å². The monoisotopic (exact) mass is 561 g/mol. The van der Waals surface area contributed by atoms with E-state index in [-0.39, 0.29) is 42.4 Å². The summed E-state index contributed by atoms with van der Waals surface area (Å²) >= 11 is 0. The van der Waals surface area contributed by atoms with Crippen molar-refractivity contribution in [1.29, 1.82) is 5.26 Å². The molecule has 0 unspecified atom stereocenters. The zero-order chi connectivity index (χ0) is 29.5. The van der Waals surface area contributed by atoms with Gasteiger partial charge in [-0.25, -0.2) is 13.2 Å². The molecule has 2 saturated heterocycles. The van der Waals surface area contributed by atoms with Gasteiger partial charge in [0.2, 0.25) is 5.91 Å². The Kier molecular flexibility index (Phi) is 6.95. The third-order valence-corrected chi connectivity index (χ3v) is 7.54. The number of alkyl halides is 2. The van der Waals surface area contributed by atoms with Crippen LogP contribution in [0.2, 0.25) is 0 Å². The zero-order valence-corrected chi connectivity index (χ0v) is 22.3. The van der Waals surface area contributed by atoms with E-state index >= 15 is 4.39 Å². The summed E-state index contributed by atoms with van der Waals surface area (Å²) in [6, 6.07) is 17.9. The maximum absolute atomic E-state index is 15.0. The molecule has 2 fully saturated rings. The Morgan fingerprint density at radius 3 is 2.34 bits per heavy atom. The van der Waals surface area contributed by atoms with E-state index in [4.69, 9.17) is 5.26 Å². The van der Waals surface area contributed by atoms with E-state index in [0.29, 0.717) is 16.8 Å². The quantitative estimate of drug-likeness (QED) is 0.494. The van der Waals surface area contributed by atoms with Crippen LogP contribution in [0.4, 0.5) is 24.5 Å². The van der Waals surface area contributed by atoms with Crippen LogP contribution in [0.5, 0.6) is 0 Å². The molecule has 11 heteroatoms. The van der Waals surface area contributed by atoms with Crippen LogP contribution < -0.4 is 15.1 Å². The second-order valence-corrected chi connectivity index (χ2v) is 10.2. The first kappa shape index (κ1) is 27.7. The van der Waals surface area contributed by atoms with Gasteiger partial charge < -0.3 is 15.1 Å². The van der Waals surface area contributed by atoms with Crippen LogP contribution >= 0.6 is 0 Å². The van der Waals surface area contributed by atoms with E-state index in [1.165, 1.54) is 48.3 Å². The Bertz CT molecular complexity index is 1570. The molecule has 0 radical (unpaired) electrons. The molecule has 41 heavy (non-hydrogen) atoms. The molecule has 2 aliphatic heterocycles. The third kappa shape index (κ3) is 4.86. The molecule has 0 atom stereocenters. The van der Waals surface area contributed by atoms with Crippen molar-refractivity contribution in [2.75, 3.05) is 36.5 Å². The lowest BCUT2D eigenvalue weighted by Crippen LogP contribution is -2.81. The lowest BCUT2D eigenvalue weighted by Gasteiger charge is -2.58. The fourth-order valence-corrected chi connectivity index (χ4v) is 5.35. The van der Waals surface area contributed by atoms with Crippen molar-refractivity contribution in [3.05, 3.63) is 94.8 Å². The maximum atomic E-state index is 15.0.